The lowest BCUT2D eigenvalue weighted by molar-refractivity contribution is 0.0868. The van der Waals surface area contributed by atoms with Crippen LogP contribution in [0.25, 0.3) is 10.8 Å². The number of hydrogen-bond acceptors (Lipinski definition) is 6. The average Bonchev–Trinajstić information content (AvgIpc) is 3.37. The van der Waals surface area contributed by atoms with E-state index in [1.807, 2.05) is 30.3 Å². The smallest absolute Gasteiger partial charge is 0.269 e. The Kier molecular flexibility index (Phi) is 6.21. The quantitative estimate of drug-likeness (QED) is 0.483. The van der Waals surface area contributed by atoms with Crippen molar-refractivity contribution in [2.24, 2.45) is 5.73 Å². The number of nitrogens with two attached hydrogens (primary N) is 1. The third-order valence-electron chi connectivity index (χ3n) is 6.66. The van der Waals surface area contributed by atoms with E-state index in [2.05, 4.69) is 4.90 Å². The summed E-state index contributed by atoms with van der Waals surface area (Å²) in [5.74, 6) is -0.440. The molecule has 2 N–H and O–H groups in total. The monoisotopic (exact) mass is 493 g/mol. The number of fused-ring (bicyclic) bond motifs is 2. The van der Waals surface area contributed by atoms with Gasteiger partial charge in [-0.2, -0.15) is 0 Å². The Balaban J connectivity index is 1.16. The average molecular weight is 494 g/mol. The number of likely N-dealkylation sites (tertiary alicyclic amines) is 1. The highest BCUT2D eigenvalue weighted by molar-refractivity contribution is 7.90. The van der Waals surface area contributed by atoms with Crippen LogP contribution in [0.4, 0.5) is 0 Å². The maximum absolute atomic E-state index is 12.7. The highest BCUT2D eigenvalue weighted by Gasteiger charge is 2.40. The van der Waals surface area contributed by atoms with E-state index in [9.17, 15) is 18.0 Å². The summed E-state index contributed by atoms with van der Waals surface area (Å²) in [6.07, 6.45) is 2.07. The van der Waals surface area contributed by atoms with E-state index >= 15 is 0 Å². The van der Waals surface area contributed by atoms with Crippen LogP contribution < -0.4 is 10.5 Å². The number of carbonyl (C=O) groups excluding carboxylic acids is 2. The van der Waals surface area contributed by atoms with Crippen LogP contribution in [0.5, 0.6) is 5.75 Å². The van der Waals surface area contributed by atoms with Crippen LogP contribution in [0.15, 0.2) is 65.6 Å². The van der Waals surface area contributed by atoms with Gasteiger partial charge in [-0.15, -0.1) is 0 Å². The van der Waals surface area contributed by atoms with Crippen molar-refractivity contribution in [3.63, 3.8) is 0 Å². The summed E-state index contributed by atoms with van der Waals surface area (Å²) < 4.78 is 32.6. The third-order valence-corrected chi connectivity index (χ3v) is 8.50. The number of unbranched alkanes of at least 4 members (excludes halogenated alkanes) is 1. The third kappa shape index (κ3) is 4.37. The van der Waals surface area contributed by atoms with Crippen LogP contribution in [0.3, 0.4) is 0 Å². The maximum atomic E-state index is 12.7. The minimum absolute atomic E-state index is 0.0751. The van der Waals surface area contributed by atoms with Gasteiger partial charge in [0.2, 0.25) is 0 Å². The zero-order valence-corrected chi connectivity index (χ0v) is 20.0. The summed E-state index contributed by atoms with van der Waals surface area (Å²) in [4.78, 5) is 26.9. The molecule has 0 spiro atoms. The zero-order valence-electron chi connectivity index (χ0n) is 19.2. The van der Waals surface area contributed by atoms with E-state index in [1.165, 1.54) is 6.07 Å². The Morgan fingerprint density at radius 2 is 1.74 bits per heavy atom. The Labute approximate surface area is 204 Å². The molecule has 9 heteroatoms. The van der Waals surface area contributed by atoms with Crippen molar-refractivity contribution < 1.29 is 22.7 Å². The van der Waals surface area contributed by atoms with Crippen LogP contribution in [-0.4, -0.2) is 61.7 Å². The van der Waals surface area contributed by atoms with Gasteiger partial charge < -0.3 is 10.5 Å². The van der Waals surface area contributed by atoms with Crippen molar-refractivity contribution in [1.82, 2.24) is 9.21 Å². The van der Waals surface area contributed by atoms with E-state index in [4.69, 9.17) is 10.5 Å². The first kappa shape index (κ1) is 23.3. The molecule has 35 heavy (non-hydrogen) atoms. The number of nitrogens with zero attached hydrogens (tertiary/aromatic N) is 2. The summed E-state index contributed by atoms with van der Waals surface area (Å²) in [6.45, 7) is 2.48. The van der Waals surface area contributed by atoms with Crippen molar-refractivity contribution in [2.45, 2.75) is 30.3 Å². The molecule has 0 bridgehead atoms. The fourth-order valence-corrected chi connectivity index (χ4v) is 6.48. The molecule has 2 aliphatic rings. The van der Waals surface area contributed by atoms with Crippen molar-refractivity contribution in [2.75, 3.05) is 26.2 Å². The van der Waals surface area contributed by atoms with Gasteiger partial charge in [0.25, 0.3) is 21.8 Å². The van der Waals surface area contributed by atoms with Crippen LogP contribution in [0.1, 0.15) is 40.0 Å². The number of benzene rings is 3. The number of hydrogen-bond donors (Lipinski definition) is 1. The second kappa shape index (κ2) is 9.31. The molecular weight excluding hydrogens is 466 g/mol. The largest absolute Gasteiger partial charge is 0.488 e. The van der Waals surface area contributed by atoms with Gasteiger partial charge in [-0.05, 0) is 49.4 Å². The van der Waals surface area contributed by atoms with Gasteiger partial charge >= 0.3 is 0 Å². The number of sulfonamides is 1. The topological polar surface area (TPSA) is 110 Å². The molecular formula is C26H27N3O5S. The highest BCUT2D eigenvalue weighted by Crippen LogP contribution is 2.32. The SMILES string of the molecule is NC(=O)c1ccc2ccccc2c1OC1CCN(CCCCN2C(=O)c3ccccc3S2(=O)=O)C1. The predicted octanol–water partition coefficient (Wildman–Crippen LogP) is 3.02. The van der Waals surface area contributed by atoms with Gasteiger partial charge in [0.15, 0.2) is 0 Å². The van der Waals surface area contributed by atoms with Gasteiger partial charge in [0, 0.05) is 25.0 Å². The molecule has 1 unspecified atom stereocenters. The van der Waals surface area contributed by atoms with Crippen LogP contribution in [0, 0.1) is 0 Å². The first-order valence-corrected chi connectivity index (χ1v) is 13.2. The molecule has 182 valence electrons. The number of ether oxygens (including phenoxy) is 1. The predicted molar refractivity (Wildman–Crippen MR) is 132 cm³/mol. The molecule has 8 nitrogen and oxygen atoms in total. The molecule has 0 saturated carbocycles. The standard InChI is InChI=1S/C26H27N3O5S/c27-25(30)22-12-11-18-7-1-2-8-20(18)24(22)34-19-13-16-28(17-19)14-5-6-15-29-26(31)21-9-3-4-10-23(21)35(29,32)33/h1-4,7-12,19H,5-6,13-17H2,(H2,27,30). The summed E-state index contributed by atoms with van der Waals surface area (Å²) in [7, 11) is -3.76. The van der Waals surface area contributed by atoms with Gasteiger partial charge in [-0.1, -0.05) is 42.5 Å². The lowest BCUT2D eigenvalue weighted by atomic mass is 10.0. The minimum Gasteiger partial charge on any atom is -0.488 e. The molecule has 2 heterocycles. The molecule has 2 amide bonds. The van der Waals surface area contributed by atoms with Crippen molar-refractivity contribution >= 4 is 32.6 Å². The molecule has 1 atom stereocenters. The Hall–Kier alpha value is -3.43. The zero-order chi connectivity index (χ0) is 24.6. The second-order valence-corrected chi connectivity index (χ2v) is 10.8. The van der Waals surface area contributed by atoms with Gasteiger partial charge in [-0.3, -0.25) is 14.5 Å². The van der Waals surface area contributed by atoms with Gasteiger partial charge in [0.1, 0.15) is 16.7 Å². The van der Waals surface area contributed by atoms with Crippen LogP contribution in [0.2, 0.25) is 0 Å². The van der Waals surface area contributed by atoms with Crippen molar-refractivity contribution in [3.05, 3.63) is 71.8 Å². The molecule has 1 saturated heterocycles. The Morgan fingerprint density at radius 3 is 2.54 bits per heavy atom. The second-order valence-electron chi connectivity index (χ2n) is 8.94. The normalized spacial score (nSPS) is 19.3. The maximum Gasteiger partial charge on any atom is 0.269 e. The molecule has 3 aromatic carbocycles. The van der Waals surface area contributed by atoms with E-state index in [1.54, 1.807) is 24.3 Å². The van der Waals surface area contributed by atoms with Gasteiger partial charge in [0.05, 0.1) is 11.1 Å². The lowest BCUT2D eigenvalue weighted by Gasteiger charge is -2.20. The number of carbonyl (C=O) groups is 2. The number of rotatable bonds is 8. The van der Waals surface area contributed by atoms with E-state index < -0.39 is 21.8 Å². The van der Waals surface area contributed by atoms with Crippen molar-refractivity contribution in [3.8, 4) is 5.75 Å². The first-order chi connectivity index (χ1) is 16.9. The minimum atomic E-state index is -3.76. The van der Waals surface area contributed by atoms with E-state index in [-0.39, 0.29) is 23.1 Å². The summed E-state index contributed by atoms with van der Waals surface area (Å²) in [6, 6.07) is 17.7. The molecule has 5 rings (SSSR count). The highest BCUT2D eigenvalue weighted by atomic mass is 32.2. The Bertz CT molecular complexity index is 1410. The summed E-state index contributed by atoms with van der Waals surface area (Å²) in [5, 5.41) is 1.84. The molecule has 1 fully saturated rings. The fourth-order valence-electron chi connectivity index (χ4n) is 4.87. The van der Waals surface area contributed by atoms with E-state index in [0.29, 0.717) is 24.3 Å². The fraction of sp³-hybridized carbons (Fsp3) is 0.308. The number of primary amides is 1. The molecule has 2 aliphatic heterocycles. The Morgan fingerprint density at radius 1 is 1.00 bits per heavy atom. The van der Waals surface area contributed by atoms with E-state index in [0.717, 1.165) is 41.0 Å². The molecule has 0 aromatic heterocycles. The number of amides is 2. The molecule has 3 aromatic rings. The van der Waals surface area contributed by atoms with Gasteiger partial charge in [-0.25, -0.2) is 12.7 Å². The molecule has 0 radical (unpaired) electrons. The molecule has 0 aliphatic carbocycles. The van der Waals surface area contributed by atoms with Crippen LogP contribution >= 0.6 is 0 Å². The summed E-state index contributed by atoms with van der Waals surface area (Å²) >= 11 is 0. The summed E-state index contributed by atoms with van der Waals surface area (Å²) in [5.41, 5.74) is 6.22. The first-order valence-electron chi connectivity index (χ1n) is 11.7. The van der Waals surface area contributed by atoms with Crippen LogP contribution in [-0.2, 0) is 10.0 Å². The van der Waals surface area contributed by atoms with Crippen molar-refractivity contribution in [1.29, 1.82) is 0 Å². The lowest BCUT2D eigenvalue weighted by Crippen LogP contribution is -2.32.